The van der Waals surface area contributed by atoms with Crippen LogP contribution in [0.4, 0.5) is 15.9 Å². The molecule has 176 valence electrons. The first-order chi connectivity index (χ1) is 16.5. The Morgan fingerprint density at radius 3 is 2.76 bits per heavy atom. The van der Waals surface area contributed by atoms with Gasteiger partial charge in [0.05, 0.1) is 12.8 Å². The van der Waals surface area contributed by atoms with Crippen molar-refractivity contribution in [3.8, 4) is 22.9 Å². The zero-order chi connectivity index (χ0) is 23.8. The van der Waals surface area contributed by atoms with Crippen molar-refractivity contribution in [3.63, 3.8) is 0 Å². The van der Waals surface area contributed by atoms with Crippen LogP contribution in [0.25, 0.3) is 11.4 Å². The Hall–Kier alpha value is -3.33. The molecule has 0 radical (unpaired) electrons. The third-order valence-corrected chi connectivity index (χ3v) is 7.03. The highest BCUT2D eigenvalue weighted by atomic mass is 32.2. The molecule has 0 spiro atoms. The fourth-order valence-electron chi connectivity index (χ4n) is 4.22. The highest BCUT2D eigenvalue weighted by molar-refractivity contribution is 7.98. The number of anilines is 2. The molecule has 9 heteroatoms. The van der Waals surface area contributed by atoms with Crippen LogP contribution < -0.4 is 14.4 Å². The minimum atomic E-state index is -0.444. The molecule has 3 aromatic rings. The molecule has 3 heterocycles. The topological polar surface area (TPSA) is 67.8 Å². The van der Waals surface area contributed by atoms with Gasteiger partial charge in [-0.3, -0.25) is 4.79 Å². The summed E-state index contributed by atoms with van der Waals surface area (Å²) in [6, 6.07) is 10.7. The number of likely N-dealkylation sites (N-methyl/N-ethyl adjacent to an activating group) is 1. The van der Waals surface area contributed by atoms with Gasteiger partial charge in [0, 0.05) is 54.5 Å². The van der Waals surface area contributed by atoms with Crippen LogP contribution in [0.2, 0.25) is 0 Å². The van der Waals surface area contributed by atoms with Crippen molar-refractivity contribution >= 4 is 29.2 Å². The van der Waals surface area contributed by atoms with Crippen molar-refractivity contribution in [2.75, 3.05) is 39.3 Å². The van der Waals surface area contributed by atoms with Crippen LogP contribution in [-0.2, 0) is 22.7 Å². The van der Waals surface area contributed by atoms with Crippen molar-refractivity contribution in [1.82, 2.24) is 14.9 Å². The monoisotopic (exact) mass is 480 g/mol. The number of rotatable bonds is 6. The SMILES string of the molecule is COc1ccc(-c2nc3c(c(N4CCc5c(OCC(=O)N(C)C)cccc54)n2)CSC3)cc1F. The van der Waals surface area contributed by atoms with Crippen LogP contribution >= 0.6 is 11.8 Å². The first-order valence-corrected chi connectivity index (χ1v) is 12.2. The van der Waals surface area contributed by atoms with Crippen LogP contribution in [0.15, 0.2) is 36.4 Å². The van der Waals surface area contributed by atoms with Gasteiger partial charge in [-0.2, -0.15) is 11.8 Å². The van der Waals surface area contributed by atoms with Crippen LogP contribution in [0.1, 0.15) is 16.8 Å². The molecule has 34 heavy (non-hydrogen) atoms. The van der Waals surface area contributed by atoms with Gasteiger partial charge in [0.2, 0.25) is 0 Å². The molecule has 0 aliphatic carbocycles. The smallest absolute Gasteiger partial charge is 0.259 e. The van der Waals surface area contributed by atoms with Gasteiger partial charge in [0.25, 0.3) is 5.91 Å². The molecule has 5 rings (SSSR count). The molecule has 2 aliphatic heterocycles. The molecule has 1 amide bonds. The van der Waals surface area contributed by atoms with E-state index in [0.717, 1.165) is 52.8 Å². The van der Waals surface area contributed by atoms with E-state index in [1.54, 1.807) is 38.0 Å². The summed E-state index contributed by atoms with van der Waals surface area (Å²) in [7, 11) is 4.87. The zero-order valence-corrected chi connectivity index (χ0v) is 20.1. The second kappa shape index (κ2) is 9.13. The standard InChI is InChI=1S/C25H25FN4O3S/c1-29(2)23(31)12-33-21-6-4-5-20-16(21)9-10-30(20)25-17-13-34-14-19(17)27-24(28-25)15-7-8-22(32-3)18(26)11-15/h4-8,11H,9-10,12-14H2,1-3H3. The summed E-state index contributed by atoms with van der Waals surface area (Å²) in [5.74, 6) is 3.35. The summed E-state index contributed by atoms with van der Waals surface area (Å²) in [6.07, 6.45) is 0.778. The summed E-state index contributed by atoms with van der Waals surface area (Å²) in [5, 5.41) is 0. The highest BCUT2D eigenvalue weighted by Crippen LogP contribution is 2.43. The Labute approximate surface area is 201 Å². The number of ether oxygens (including phenoxy) is 2. The Kier molecular flexibility index (Phi) is 6.03. The maximum Gasteiger partial charge on any atom is 0.259 e. The lowest BCUT2D eigenvalue weighted by atomic mass is 10.1. The van der Waals surface area contributed by atoms with Gasteiger partial charge in [0.15, 0.2) is 24.0 Å². The van der Waals surface area contributed by atoms with Gasteiger partial charge >= 0.3 is 0 Å². The van der Waals surface area contributed by atoms with Crippen molar-refractivity contribution in [2.45, 2.75) is 17.9 Å². The molecule has 2 aromatic carbocycles. The van der Waals surface area contributed by atoms with E-state index in [1.807, 2.05) is 18.2 Å². The number of carbonyl (C=O) groups is 1. The molecule has 0 saturated heterocycles. The molecular weight excluding hydrogens is 455 g/mol. The van der Waals surface area contributed by atoms with Crippen LogP contribution in [0, 0.1) is 5.82 Å². The van der Waals surface area contributed by atoms with E-state index in [4.69, 9.17) is 19.4 Å². The molecule has 0 atom stereocenters. The molecule has 7 nitrogen and oxygen atoms in total. The van der Waals surface area contributed by atoms with Crippen LogP contribution in [0.3, 0.4) is 0 Å². The average molecular weight is 481 g/mol. The third-order valence-electron chi connectivity index (χ3n) is 6.06. The van der Waals surface area contributed by atoms with E-state index >= 15 is 0 Å². The van der Waals surface area contributed by atoms with Crippen molar-refractivity contribution in [3.05, 3.63) is 59.0 Å². The number of thioether (sulfide) groups is 1. The first kappa shape index (κ1) is 22.5. The van der Waals surface area contributed by atoms with Crippen molar-refractivity contribution < 1.29 is 18.7 Å². The summed E-state index contributed by atoms with van der Waals surface area (Å²) in [6.45, 7) is 0.734. The van der Waals surface area contributed by atoms with Gasteiger partial charge < -0.3 is 19.3 Å². The summed E-state index contributed by atoms with van der Waals surface area (Å²) in [4.78, 5) is 25.4. The van der Waals surface area contributed by atoms with Gasteiger partial charge in [0.1, 0.15) is 11.6 Å². The first-order valence-electron chi connectivity index (χ1n) is 11.0. The minimum absolute atomic E-state index is 0.00379. The predicted octanol–water partition coefficient (Wildman–Crippen LogP) is 4.20. The van der Waals surface area contributed by atoms with E-state index in [9.17, 15) is 9.18 Å². The fraction of sp³-hybridized carbons (Fsp3) is 0.320. The lowest BCUT2D eigenvalue weighted by molar-refractivity contribution is -0.130. The van der Waals surface area contributed by atoms with E-state index in [0.29, 0.717) is 17.1 Å². The second-order valence-corrected chi connectivity index (χ2v) is 9.36. The molecule has 0 fully saturated rings. The molecule has 0 saturated carbocycles. The van der Waals surface area contributed by atoms with Gasteiger partial charge in [-0.25, -0.2) is 14.4 Å². The predicted molar refractivity (Wildman–Crippen MR) is 130 cm³/mol. The Morgan fingerprint density at radius 2 is 2.00 bits per heavy atom. The number of hydrogen-bond acceptors (Lipinski definition) is 7. The molecule has 0 unspecified atom stereocenters. The largest absolute Gasteiger partial charge is 0.494 e. The number of fused-ring (bicyclic) bond motifs is 2. The maximum atomic E-state index is 14.4. The highest BCUT2D eigenvalue weighted by Gasteiger charge is 2.30. The number of aromatic nitrogens is 2. The van der Waals surface area contributed by atoms with Gasteiger partial charge in [-0.15, -0.1) is 0 Å². The Bertz CT molecular complexity index is 1270. The van der Waals surface area contributed by atoms with Crippen LogP contribution in [-0.4, -0.2) is 55.1 Å². The van der Waals surface area contributed by atoms with E-state index in [1.165, 1.54) is 18.1 Å². The zero-order valence-electron chi connectivity index (χ0n) is 19.3. The average Bonchev–Trinajstić information content (AvgIpc) is 3.49. The van der Waals surface area contributed by atoms with Crippen molar-refractivity contribution in [2.24, 2.45) is 0 Å². The minimum Gasteiger partial charge on any atom is -0.494 e. The summed E-state index contributed by atoms with van der Waals surface area (Å²) < 4.78 is 25.3. The number of amides is 1. The Balaban J connectivity index is 1.52. The number of benzene rings is 2. The molecule has 2 aliphatic rings. The summed E-state index contributed by atoms with van der Waals surface area (Å²) >= 11 is 1.80. The number of hydrogen-bond donors (Lipinski definition) is 0. The van der Waals surface area contributed by atoms with Gasteiger partial charge in [-0.1, -0.05) is 6.07 Å². The molecule has 0 bridgehead atoms. The second-order valence-electron chi connectivity index (χ2n) is 8.37. The number of methoxy groups -OCH3 is 1. The quantitative estimate of drug-likeness (QED) is 0.524. The van der Waals surface area contributed by atoms with Crippen LogP contribution in [0.5, 0.6) is 11.5 Å². The Morgan fingerprint density at radius 1 is 1.15 bits per heavy atom. The number of halogens is 1. The molecule has 0 N–H and O–H groups in total. The lowest BCUT2D eigenvalue weighted by Gasteiger charge is -2.22. The van der Waals surface area contributed by atoms with Gasteiger partial charge in [-0.05, 0) is 36.8 Å². The molecule has 1 aromatic heterocycles. The lowest BCUT2D eigenvalue weighted by Crippen LogP contribution is -2.27. The maximum absolute atomic E-state index is 14.4. The van der Waals surface area contributed by atoms with Crippen molar-refractivity contribution in [1.29, 1.82) is 0 Å². The van der Waals surface area contributed by atoms with E-state index < -0.39 is 5.82 Å². The normalized spacial score (nSPS) is 14.1. The number of carbonyl (C=O) groups excluding carboxylic acids is 1. The summed E-state index contributed by atoms with van der Waals surface area (Å²) in [5.41, 5.74) is 4.78. The fourth-order valence-corrected chi connectivity index (χ4v) is 5.25. The molecular formula is C25H25FN4O3S. The third kappa shape index (κ3) is 4.04. The number of nitrogens with zero attached hydrogens (tertiary/aromatic N) is 4. The van der Waals surface area contributed by atoms with E-state index in [2.05, 4.69) is 4.90 Å². The van der Waals surface area contributed by atoms with E-state index in [-0.39, 0.29) is 18.3 Å².